The molecule has 0 bridgehead atoms. The number of carbonyl (C=O) groups is 3. The molecule has 3 aromatic carbocycles. The summed E-state index contributed by atoms with van der Waals surface area (Å²) in [5.41, 5.74) is 0.895. The number of amides is 2. The molecule has 0 aliphatic carbocycles. The van der Waals surface area contributed by atoms with Gasteiger partial charge in [0.05, 0.1) is 38.1 Å². The van der Waals surface area contributed by atoms with Crippen molar-refractivity contribution in [1.82, 2.24) is 15.0 Å². The summed E-state index contributed by atoms with van der Waals surface area (Å²) in [6, 6.07) is 17.3. The smallest absolute Gasteiger partial charge is 0.323 e. The molecule has 2 heterocycles. The molecule has 14 heteroatoms. The van der Waals surface area contributed by atoms with Gasteiger partial charge in [-0.3, -0.25) is 28.8 Å². The fourth-order valence-corrected chi connectivity index (χ4v) is 7.83. The Hall–Kier alpha value is -4.58. The van der Waals surface area contributed by atoms with Crippen LogP contribution in [0.2, 0.25) is 25.7 Å². The Labute approximate surface area is 291 Å². The maximum Gasteiger partial charge on any atom is 0.323 e. The van der Waals surface area contributed by atoms with E-state index >= 15 is 0 Å². The zero-order chi connectivity index (χ0) is 36.1. The highest BCUT2D eigenvalue weighted by Crippen LogP contribution is 2.47. The molecule has 0 spiro atoms. The number of carbonyl (C=O) groups excluding carboxylic acids is 3. The van der Waals surface area contributed by atoms with Crippen LogP contribution in [0.1, 0.15) is 40.1 Å². The molecule has 1 aromatic heterocycles. The number of pyridine rings is 1. The molecule has 1 aliphatic rings. The lowest BCUT2D eigenvalue weighted by Crippen LogP contribution is -2.35. The van der Waals surface area contributed by atoms with Crippen molar-refractivity contribution in [2.75, 3.05) is 26.0 Å². The first-order valence-corrected chi connectivity index (χ1v) is 21.9. The second-order valence-electron chi connectivity index (χ2n) is 13.0. The van der Waals surface area contributed by atoms with Gasteiger partial charge in [-0.2, -0.15) is 0 Å². The van der Waals surface area contributed by atoms with Crippen LogP contribution >= 0.6 is 7.52 Å². The third-order valence-corrected chi connectivity index (χ3v) is 11.7. The lowest BCUT2D eigenvalue weighted by atomic mass is 10.0. The van der Waals surface area contributed by atoms with Crippen molar-refractivity contribution in [3.8, 4) is 17.2 Å². The van der Waals surface area contributed by atoms with E-state index in [0.717, 1.165) is 10.9 Å². The number of para-hydroxylation sites is 1. The number of imide groups is 1. The minimum Gasteiger partial charge on any atom is -0.491 e. The molecule has 4 aromatic rings. The topological polar surface area (TPSA) is 133 Å². The molecule has 0 saturated heterocycles. The SMILES string of the molecule is CCOC(=O)[C@H](C)NP(=O)(CCOc1c2c(c(OCC[Si](C)(C)C)c3ncccc13)C(=O)N(Cc1ccc(F)cc1)C2=O)Oc1ccccc1. The summed E-state index contributed by atoms with van der Waals surface area (Å²) in [4.78, 5) is 46.3. The average Bonchev–Trinajstić information content (AvgIpc) is 3.31. The summed E-state index contributed by atoms with van der Waals surface area (Å²) < 4.78 is 51.5. The number of halogens is 1. The van der Waals surface area contributed by atoms with Crippen molar-refractivity contribution < 1.29 is 42.1 Å². The largest absolute Gasteiger partial charge is 0.491 e. The molecule has 0 saturated carbocycles. The van der Waals surface area contributed by atoms with Crippen LogP contribution in [0.25, 0.3) is 10.9 Å². The fourth-order valence-electron chi connectivity index (χ4n) is 5.36. The van der Waals surface area contributed by atoms with Gasteiger partial charge in [-0.1, -0.05) is 50.0 Å². The zero-order valence-corrected chi connectivity index (χ0v) is 30.6. The quantitative estimate of drug-likeness (QED) is 0.0554. The molecule has 11 nitrogen and oxygen atoms in total. The van der Waals surface area contributed by atoms with Crippen LogP contribution in [0.15, 0.2) is 72.9 Å². The van der Waals surface area contributed by atoms with Gasteiger partial charge in [0, 0.05) is 19.7 Å². The molecular weight excluding hydrogens is 680 g/mol. The van der Waals surface area contributed by atoms with E-state index in [4.69, 9.17) is 18.7 Å². The van der Waals surface area contributed by atoms with Crippen LogP contribution in [-0.2, 0) is 20.6 Å². The molecule has 2 atom stereocenters. The van der Waals surface area contributed by atoms with E-state index in [2.05, 4.69) is 29.7 Å². The molecule has 2 amide bonds. The Morgan fingerprint density at radius 3 is 2.26 bits per heavy atom. The highest BCUT2D eigenvalue weighted by Gasteiger charge is 2.43. The average molecular weight is 722 g/mol. The summed E-state index contributed by atoms with van der Waals surface area (Å²) in [7, 11) is -5.37. The van der Waals surface area contributed by atoms with Crippen LogP contribution in [0, 0.1) is 5.82 Å². The molecule has 5 rings (SSSR count). The Kier molecular flexibility index (Phi) is 11.4. The molecule has 1 unspecified atom stereocenters. The number of hydrogen-bond donors (Lipinski definition) is 1. The van der Waals surface area contributed by atoms with Crippen LogP contribution < -0.4 is 19.1 Å². The summed E-state index contributed by atoms with van der Waals surface area (Å²) in [5, 5.41) is 3.22. The van der Waals surface area contributed by atoms with Crippen LogP contribution in [0.4, 0.5) is 4.39 Å². The first kappa shape index (κ1) is 36.7. The Bertz CT molecular complexity index is 1920. The summed E-state index contributed by atoms with van der Waals surface area (Å²) in [6.07, 6.45) is 1.34. The number of rotatable bonds is 16. The molecule has 50 heavy (non-hydrogen) atoms. The summed E-state index contributed by atoms with van der Waals surface area (Å²) >= 11 is 0. The van der Waals surface area contributed by atoms with Crippen molar-refractivity contribution in [2.45, 2.75) is 52.1 Å². The molecule has 1 N–H and O–H groups in total. The molecule has 0 radical (unpaired) electrons. The Balaban J connectivity index is 1.52. The third kappa shape index (κ3) is 8.58. The lowest BCUT2D eigenvalue weighted by Gasteiger charge is -2.24. The number of nitrogens with zero attached hydrogens (tertiary/aromatic N) is 2. The Morgan fingerprint density at radius 2 is 1.60 bits per heavy atom. The van der Waals surface area contributed by atoms with Gasteiger partial charge in [0.1, 0.15) is 34.4 Å². The summed E-state index contributed by atoms with van der Waals surface area (Å²) in [6.45, 7) is 9.92. The number of nitrogens with one attached hydrogen (secondary N) is 1. The van der Waals surface area contributed by atoms with Gasteiger partial charge in [0.2, 0.25) is 0 Å². The third-order valence-electron chi connectivity index (χ3n) is 7.90. The number of benzene rings is 3. The maximum absolute atomic E-state index is 14.2. The van der Waals surface area contributed by atoms with Gasteiger partial charge in [-0.15, -0.1) is 0 Å². The van der Waals surface area contributed by atoms with Gasteiger partial charge in [-0.25, -0.2) is 9.48 Å². The number of fused-ring (bicyclic) bond motifs is 2. The van der Waals surface area contributed by atoms with E-state index in [1.165, 1.54) is 31.2 Å². The van der Waals surface area contributed by atoms with E-state index in [-0.39, 0.29) is 48.5 Å². The minimum atomic E-state index is -3.83. The van der Waals surface area contributed by atoms with Gasteiger partial charge in [0.25, 0.3) is 11.8 Å². The molecule has 1 aliphatic heterocycles. The number of hydrogen-bond acceptors (Lipinski definition) is 9. The first-order chi connectivity index (χ1) is 23.8. The van der Waals surface area contributed by atoms with Gasteiger partial charge < -0.3 is 18.7 Å². The first-order valence-electron chi connectivity index (χ1n) is 16.4. The van der Waals surface area contributed by atoms with Gasteiger partial charge in [0.15, 0.2) is 5.75 Å². The van der Waals surface area contributed by atoms with E-state index < -0.39 is 45.2 Å². The van der Waals surface area contributed by atoms with Gasteiger partial charge >= 0.3 is 13.5 Å². The molecule has 0 fully saturated rings. The van der Waals surface area contributed by atoms with Gasteiger partial charge in [-0.05, 0) is 61.9 Å². The van der Waals surface area contributed by atoms with Crippen LogP contribution in [0.5, 0.6) is 17.2 Å². The second-order valence-corrected chi connectivity index (χ2v) is 20.9. The van der Waals surface area contributed by atoms with E-state index in [1.54, 1.807) is 55.6 Å². The summed E-state index contributed by atoms with van der Waals surface area (Å²) in [5.74, 6) is -1.70. The zero-order valence-electron chi connectivity index (χ0n) is 28.7. The normalized spacial score (nSPS) is 14.6. The van der Waals surface area contributed by atoms with E-state index in [0.29, 0.717) is 28.8 Å². The molecular formula is C36H41FN3O8PSi. The van der Waals surface area contributed by atoms with Crippen molar-refractivity contribution in [3.05, 3.63) is 95.4 Å². The number of esters is 1. The maximum atomic E-state index is 14.2. The minimum absolute atomic E-state index is 0.00715. The van der Waals surface area contributed by atoms with Crippen molar-refractivity contribution >= 4 is 44.3 Å². The Morgan fingerprint density at radius 1 is 0.940 bits per heavy atom. The number of aromatic nitrogens is 1. The van der Waals surface area contributed by atoms with E-state index in [1.807, 2.05) is 0 Å². The monoisotopic (exact) mass is 721 g/mol. The van der Waals surface area contributed by atoms with Crippen molar-refractivity contribution in [3.63, 3.8) is 0 Å². The second kappa shape index (κ2) is 15.5. The standard InChI is InChI=1S/C36H41FN3O8PSi/c1-6-45-36(43)24(2)39-49(44,48-27-11-8-7-9-12-27)21-19-46-32-28-13-10-18-38-31(28)33(47-20-22-50(3,4)5)30-29(32)34(41)40(35(30)42)23-25-14-16-26(37)17-15-25/h7-18,24H,6,19-23H2,1-5H3,(H,39,44)/t24-,49?/m0/s1. The predicted molar refractivity (Wildman–Crippen MR) is 190 cm³/mol. The van der Waals surface area contributed by atoms with Crippen LogP contribution in [-0.4, -0.2) is 67.8 Å². The fraction of sp³-hybridized carbons (Fsp3) is 0.333. The molecule has 264 valence electrons. The highest BCUT2D eigenvalue weighted by atomic mass is 31.2. The van der Waals surface area contributed by atoms with Crippen LogP contribution in [0.3, 0.4) is 0 Å². The van der Waals surface area contributed by atoms with Crippen molar-refractivity contribution in [2.24, 2.45) is 0 Å². The van der Waals surface area contributed by atoms with E-state index in [9.17, 15) is 23.3 Å². The van der Waals surface area contributed by atoms with Crippen molar-refractivity contribution in [1.29, 1.82) is 0 Å². The number of ether oxygens (including phenoxy) is 3. The lowest BCUT2D eigenvalue weighted by molar-refractivity contribution is -0.144. The predicted octanol–water partition coefficient (Wildman–Crippen LogP) is 7.08. The highest BCUT2D eigenvalue weighted by molar-refractivity contribution is 7.57.